The molecule has 6 nitrogen and oxygen atoms in total. The van der Waals surface area contributed by atoms with Crippen molar-refractivity contribution in [1.29, 1.82) is 0 Å². The molecule has 0 amide bonds. The number of nitrogens with zero attached hydrogens (tertiary/aromatic N) is 4. The van der Waals surface area contributed by atoms with Crippen molar-refractivity contribution < 1.29 is 8.94 Å². The van der Waals surface area contributed by atoms with Crippen LogP contribution < -0.4 is 0 Å². The zero-order valence-corrected chi connectivity index (χ0v) is 15.0. The number of para-hydroxylation sites is 2. The molecule has 3 aromatic rings. The maximum atomic E-state index is 5.97. The predicted molar refractivity (Wildman–Crippen MR) is 94.3 cm³/mol. The van der Waals surface area contributed by atoms with Crippen molar-refractivity contribution in [3.63, 3.8) is 0 Å². The molecule has 1 atom stereocenters. The molecule has 6 heteroatoms. The number of piperidine rings is 1. The Kier molecular flexibility index (Phi) is 4.07. The Hall–Kier alpha value is -2.21. The third kappa shape index (κ3) is 3.44. The smallest absolute Gasteiger partial charge is 0.240 e. The molecule has 0 aliphatic carbocycles. The lowest BCUT2D eigenvalue weighted by Crippen LogP contribution is -2.34. The summed E-state index contributed by atoms with van der Waals surface area (Å²) in [7, 11) is 0. The first-order chi connectivity index (χ1) is 12.0. The summed E-state index contributed by atoms with van der Waals surface area (Å²) in [6.07, 6.45) is 2.21. The van der Waals surface area contributed by atoms with E-state index >= 15 is 0 Å². The maximum absolute atomic E-state index is 5.97. The van der Waals surface area contributed by atoms with Gasteiger partial charge in [0.25, 0.3) is 0 Å². The van der Waals surface area contributed by atoms with E-state index in [1.807, 2.05) is 24.3 Å². The summed E-state index contributed by atoms with van der Waals surface area (Å²) < 4.78 is 11.4. The summed E-state index contributed by atoms with van der Waals surface area (Å²) in [5.41, 5.74) is 1.70. The van der Waals surface area contributed by atoms with E-state index in [2.05, 4.69) is 40.8 Å². The number of benzene rings is 1. The lowest BCUT2D eigenvalue weighted by atomic mass is 9.96. The minimum absolute atomic E-state index is 0.0929. The Morgan fingerprint density at radius 3 is 2.80 bits per heavy atom. The Morgan fingerprint density at radius 2 is 2.04 bits per heavy atom. The Labute approximate surface area is 147 Å². The summed E-state index contributed by atoms with van der Waals surface area (Å²) in [5.74, 6) is 2.59. The van der Waals surface area contributed by atoms with E-state index in [0.29, 0.717) is 18.4 Å². The minimum Gasteiger partial charge on any atom is -0.440 e. The zero-order valence-electron chi connectivity index (χ0n) is 15.0. The summed E-state index contributed by atoms with van der Waals surface area (Å²) in [6.45, 7) is 8.88. The molecule has 0 N–H and O–H groups in total. The SMILES string of the molecule is CC(C)(C)c1noc(CN2CCCC(c3nc4ccccc4o3)C2)n1. The van der Waals surface area contributed by atoms with Gasteiger partial charge in [-0.1, -0.05) is 38.1 Å². The molecular formula is C19H24N4O2. The molecule has 0 spiro atoms. The number of fused-ring (bicyclic) bond motifs is 1. The Morgan fingerprint density at radius 1 is 1.20 bits per heavy atom. The first-order valence-corrected chi connectivity index (χ1v) is 8.90. The third-order valence-corrected chi connectivity index (χ3v) is 4.66. The fourth-order valence-corrected chi connectivity index (χ4v) is 3.28. The Bertz CT molecular complexity index is 829. The lowest BCUT2D eigenvalue weighted by molar-refractivity contribution is 0.167. The van der Waals surface area contributed by atoms with Crippen molar-refractivity contribution in [2.24, 2.45) is 0 Å². The van der Waals surface area contributed by atoms with Gasteiger partial charge in [0.1, 0.15) is 5.52 Å². The van der Waals surface area contributed by atoms with Crippen molar-refractivity contribution in [3.05, 3.63) is 41.9 Å². The van der Waals surface area contributed by atoms with Gasteiger partial charge >= 0.3 is 0 Å². The largest absolute Gasteiger partial charge is 0.440 e. The van der Waals surface area contributed by atoms with Gasteiger partial charge in [-0.15, -0.1) is 0 Å². The number of likely N-dealkylation sites (tertiary alicyclic amines) is 1. The van der Waals surface area contributed by atoms with Gasteiger partial charge in [-0.25, -0.2) is 4.98 Å². The van der Waals surface area contributed by atoms with Gasteiger partial charge in [-0.05, 0) is 31.5 Å². The van der Waals surface area contributed by atoms with E-state index in [4.69, 9.17) is 8.94 Å². The monoisotopic (exact) mass is 340 g/mol. The van der Waals surface area contributed by atoms with Crippen LogP contribution in [0.1, 0.15) is 57.1 Å². The number of rotatable bonds is 3. The molecule has 1 fully saturated rings. The average molecular weight is 340 g/mol. The van der Waals surface area contributed by atoms with Crippen molar-refractivity contribution in [2.45, 2.75) is 51.5 Å². The maximum Gasteiger partial charge on any atom is 0.240 e. The molecule has 0 radical (unpaired) electrons. The molecule has 1 aromatic carbocycles. The second-order valence-electron chi connectivity index (χ2n) is 7.86. The van der Waals surface area contributed by atoms with Crippen LogP contribution in [0.3, 0.4) is 0 Å². The van der Waals surface area contributed by atoms with Crippen molar-refractivity contribution in [3.8, 4) is 0 Å². The van der Waals surface area contributed by atoms with Crippen LogP contribution in [-0.2, 0) is 12.0 Å². The molecule has 25 heavy (non-hydrogen) atoms. The summed E-state index contributed by atoms with van der Waals surface area (Å²) in [5, 5.41) is 4.12. The van der Waals surface area contributed by atoms with Crippen LogP contribution in [0.5, 0.6) is 0 Å². The normalized spacial score (nSPS) is 19.6. The van der Waals surface area contributed by atoms with E-state index in [1.54, 1.807) is 0 Å². The topological polar surface area (TPSA) is 68.2 Å². The van der Waals surface area contributed by atoms with Crippen molar-refractivity contribution in [2.75, 3.05) is 13.1 Å². The first kappa shape index (κ1) is 16.3. The molecule has 1 aliphatic rings. The highest BCUT2D eigenvalue weighted by molar-refractivity contribution is 5.72. The molecule has 0 bridgehead atoms. The average Bonchev–Trinajstić information content (AvgIpc) is 3.21. The van der Waals surface area contributed by atoms with E-state index in [1.165, 1.54) is 0 Å². The van der Waals surface area contributed by atoms with Gasteiger partial charge in [0, 0.05) is 17.9 Å². The van der Waals surface area contributed by atoms with Gasteiger partial charge in [-0.3, -0.25) is 4.90 Å². The van der Waals surface area contributed by atoms with Gasteiger partial charge in [0.2, 0.25) is 5.89 Å². The third-order valence-electron chi connectivity index (χ3n) is 4.66. The number of oxazole rings is 1. The van der Waals surface area contributed by atoms with Gasteiger partial charge in [0.15, 0.2) is 17.3 Å². The van der Waals surface area contributed by atoms with Crippen LogP contribution in [0.25, 0.3) is 11.1 Å². The van der Waals surface area contributed by atoms with Crippen molar-refractivity contribution in [1.82, 2.24) is 20.0 Å². The number of hydrogen-bond donors (Lipinski definition) is 0. The summed E-state index contributed by atoms with van der Waals surface area (Å²) in [6, 6.07) is 7.94. The van der Waals surface area contributed by atoms with Crippen LogP contribution in [0.15, 0.2) is 33.2 Å². The van der Waals surface area contributed by atoms with Gasteiger partial charge in [0.05, 0.1) is 6.54 Å². The van der Waals surface area contributed by atoms with Crippen LogP contribution in [0.2, 0.25) is 0 Å². The molecular weight excluding hydrogens is 316 g/mol. The summed E-state index contributed by atoms with van der Waals surface area (Å²) in [4.78, 5) is 11.6. The quantitative estimate of drug-likeness (QED) is 0.720. The van der Waals surface area contributed by atoms with Crippen LogP contribution in [-0.4, -0.2) is 33.1 Å². The van der Waals surface area contributed by atoms with Crippen LogP contribution >= 0.6 is 0 Å². The Balaban J connectivity index is 1.46. The minimum atomic E-state index is -0.0929. The number of hydrogen-bond acceptors (Lipinski definition) is 6. The number of aromatic nitrogens is 3. The van der Waals surface area contributed by atoms with E-state index in [9.17, 15) is 0 Å². The second-order valence-corrected chi connectivity index (χ2v) is 7.86. The predicted octanol–water partition coefficient (Wildman–Crippen LogP) is 3.89. The molecule has 4 rings (SSSR count). The lowest BCUT2D eigenvalue weighted by Gasteiger charge is -2.29. The first-order valence-electron chi connectivity index (χ1n) is 8.90. The molecule has 3 heterocycles. The highest BCUT2D eigenvalue weighted by atomic mass is 16.5. The molecule has 0 saturated carbocycles. The fraction of sp³-hybridized carbons (Fsp3) is 0.526. The molecule has 1 unspecified atom stereocenters. The molecule has 2 aromatic heterocycles. The molecule has 1 aliphatic heterocycles. The van der Waals surface area contributed by atoms with Crippen molar-refractivity contribution >= 4 is 11.1 Å². The molecule has 1 saturated heterocycles. The van der Waals surface area contributed by atoms with E-state index < -0.39 is 0 Å². The van der Waals surface area contributed by atoms with Crippen LogP contribution in [0, 0.1) is 0 Å². The van der Waals surface area contributed by atoms with Gasteiger partial charge in [-0.2, -0.15) is 4.98 Å². The van der Waals surface area contributed by atoms with E-state index in [-0.39, 0.29) is 5.41 Å². The molecule has 132 valence electrons. The zero-order chi connectivity index (χ0) is 17.4. The van der Waals surface area contributed by atoms with E-state index in [0.717, 1.165) is 48.7 Å². The van der Waals surface area contributed by atoms with Crippen LogP contribution in [0.4, 0.5) is 0 Å². The van der Waals surface area contributed by atoms with Gasteiger partial charge < -0.3 is 8.94 Å². The fourth-order valence-electron chi connectivity index (χ4n) is 3.28. The summed E-state index contributed by atoms with van der Waals surface area (Å²) >= 11 is 0. The second kappa shape index (κ2) is 6.26. The standard InChI is InChI=1S/C19H24N4O2/c1-19(2,3)18-21-16(25-22-18)12-23-10-6-7-13(11-23)17-20-14-8-4-5-9-15(14)24-17/h4-5,8-9,13H,6-7,10-12H2,1-3H3. The highest BCUT2D eigenvalue weighted by Gasteiger charge is 2.27. The highest BCUT2D eigenvalue weighted by Crippen LogP contribution is 2.29.